The third-order valence-corrected chi connectivity index (χ3v) is 8.71. The van der Waals surface area contributed by atoms with Gasteiger partial charge in [0.15, 0.2) is 0 Å². The van der Waals surface area contributed by atoms with Crippen molar-refractivity contribution in [3.8, 4) is 0 Å². The number of rotatable bonds is 1. The van der Waals surface area contributed by atoms with Crippen LogP contribution in [0.15, 0.2) is 11.6 Å². The van der Waals surface area contributed by atoms with E-state index in [4.69, 9.17) is 0 Å². The largest absolute Gasteiger partial charge is 0.0845 e. The predicted molar refractivity (Wildman–Crippen MR) is 90.1 cm³/mol. The first-order chi connectivity index (χ1) is 10.1. The van der Waals surface area contributed by atoms with Gasteiger partial charge in [0.25, 0.3) is 0 Å². The molecule has 3 fully saturated rings. The van der Waals surface area contributed by atoms with Gasteiger partial charge in [-0.3, -0.25) is 0 Å². The number of allylic oxidation sites excluding steroid dienone is 2. The maximum Gasteiger partial charge on any atom is -0.00824 e. The van der Waals surface area contributed by atoms with E-state index in [9.17, 15) is 0 Å². The fourth-order valence-corrected chi connectivity index (χ4v) is 7.50. The van der Waals surface area contributed by atoms with E-state index < -0.39 is 0 Å². The molecule has 118 valence electrons. The molecule has 0 bridgehead atoms. The number of hydrogen-bond donors (Lipinski definition) is 0. The summed E-state index contributed by atoms with van der Waals surface area (Å²) in [4.78, 5) is 0. The Morgan fingerprint density at radius 3 is 2.67 bits per heavy atom. The van der Waals surface area contributed by atoms with E-state index >= 15 is 0 Å². The van der Waals surface area contributed by atoms with Crippen molar-refractivity contribution in [2.45, 2.75) is 85.0 Å². The molecule has 3 saturated carbocycles. The molecular formula is C21H34. The average molecular weight is 287 g/mol. The van der Waals surface area contributed by atoms with Gasteiger partial charge in [0, 0.05) is 0 Å². The molecule has 0 aliphatic heterocycles. The zero-order valence-electron chi connectivity index (χ0n) is 14.5. The minimum atomic E-state index is 0.577. The van der Waals surface area contributed by atoms with Crippen molar-refractivity contribution < 1.29 is 0 Å². The Morgan fingerprint density at radius 2 is 1.86 bits per heavy atom. The summed E-state index contributed by atoms with van der Waals surface area (Å²) in [5.74, 6) is 4.16. The maximum absolute atomic E-state index is 2.69. The van der Waals surface area contributed by atoms with Crippen molar-refractivity contribution in [3.05, 3.63) is 11.6 Å². The van der Waals surface area contributed by atoms with Crippen LogP contribution in [0, 0.1) is 34.5 Å². The summed E-state index contributed by atoms with van der Waals surface area (Å²) in [5.41, 5.74) is 3.09. The Bertz CT molecular complexity index is 447. The lowest BCUT2D eigenvalue weighted by molar-refractivity contribution is -0.0991. The molecule has 0 saturated heterocycles. The lowest BCUT2D eigenvalue weighted by Crippen LogP contribution is -2.52. The quantitative estimate of drug-likeness (QED) is 0.492. The first-order valence-corrected chi connectivity index (χ1v) is 9.79. The molecule has 0 aromatic carbocycles. The molecular weight excluding hydrogens is 252 g/mol. The van der Waals surface area contributed by atoms with Gasteiger partial charge < -0.3 is 0 Å². The fraction of sp³-hybridized carbons (Fsp3) is 0.905. The molecule has 0 nitrogen and oxygen atoms in total. The highest BCUT2D eigenvalue weighted by atomic mass is 14.6. The second-order valence-electron chi connectivity index (χ2n) is 9.18. The van der Waals surface area contributed by atoms with Crippen molar-refractivity contribution in [1.82, 2.24) is 0 Å². The van der Waals surface area contributed by atoms with Crippen LogP contribution in [0.2, 0.25) is 0 Å². The highest BCUT2D eigenvalue weighted by Crippen LogP contribution is 2.66. The first kappa shape index (κ1) is 14.3. The summed E-state index contributed by atoms with van der Waals surface area (Å²) in [6, 6.07) is 0. The molecule has 0 amide bonds. The van der Waals surface area contributed by atoms with Crippen molar-refractivity contribution in [2.24, 2.45) is 34.5 Å². The first-order valence-electron chi connectivity index (χ1n) is 9.79. The Morgan fingerprint density at radius 1 is 1.00 bits per heavy atom. The van der Waals surface area contributed by atoms with Crippen LogP contribution in [0.4, 0.5) is 0 Å². The van der Waals surface area contributed by atoms with Gasteiger partial charge >= 0.3 is 0 Å². The summed E-state index contributed by atoms with van der Waals surface area (Å²) in [6.07, 6.45) is 17.6. The maximum atomic E-state index is 2.69. The van der Waals surface area contributed by atoms with E-state index in [1.165, 1.54) is 44.9 Å². The van der Waals surface area contributed by atoms with Crippen LogP contribution in [-0.4, -0.2) is 0 Å². The average Bonchev–Trinajstić information content (AvgIpc) is 2.83. The summed E-state index contributed by atoms with van der Waals surface area (Å²) in [5, 5.41) is 0. The molecule has 0 heterocycles. The van der Waals surface area contributed by atoms with Crippen molar-refractivity contribution >= 4 is 0 Å². The molecule has 4 rings (SSSR count). The van der Waals surface area contributed by atoms with Crippen molar-refractivity contribution in [2.75, 3.05) is 0 Å². The summed E-state index contributed by atoms with van der Waals surface area (Å²) in [6.45, 7) is 7.69. The van der Waals surface area contributed by atoms with Crippen molar-refractivity contribution in [3.63, 3.8) is 0 Å². The van der Waals surface area contributed by atoms with Crippen LogP contribution in [0.25, 0.3) is 0 Å². The Labute approximate surface area is 131 Å². The normalized spacial score (nSPS) is 52.6. The minimum Gasteiger partial charge on any atom is -0.0845 e. The van der Waals surface area contributed by atoms with E-state index in [0.29, 0.717) is 10.8 Å². The van der Waals surface area contributed by atoms with Crippen LogP contribution in [-0.2, 0) is 0 Å². The monoisotopic (exact) mass is 286 g/mol. The van der Waals surface area contributed by atoms with Gasteiger partial charge in [-0.25, -0.2) is 0 Å². The third kappa shape index (κ3) is 1.86. The van der Waals surface area contributed by atoms with E-state index in [2.05, 4.69) is 26.8 Å². The van der Waals surface area contributed by atoms with E-state index in [-0.39, 0.29) is 0 Å². The molecule has 4 aliphatic rings. The van der Waals surface area contributed by atoms with Gasteiger partial charge in [-0.1, -0.05) is 45.3 Å². The zero-order chi connectivity index (χ0) is 14.7. The zero-order valence-corrected chi connectivity index (χ0v) is 14.5. The second kappa shape index (κ2) is 4.87. The molecule has 0 radical (unpaired) electrons. The van der Waals surface area contributed by atoms with Crippen LogP contribution in [0.1, 0.15) is 85.0 Å². The molecule has 6 unspecified atom stereocenters. The predicted octanol–water partition coefficient (Wildman–Crippen LogP) is 6.37. The summed E-state index contributed by atoms with van der Waals surface area (Å²) < 4.78 is 0. The van der Waals surface area contributed by atoms with E-state index in [0.717, 1.165) is 23.7 Å². The minimum absolute atomic E-state index is 0.577. The molecule has 21 heavy (non-hydrogen) atoms. The van der Waals surface area contributed by atoms with Crippen LogP contribution in [0.3, 0.4) is 0 Å². The van der Waals surface area contributed by atoms with Crippen LogP contribution < -0.4 is 0 Å². The molecule has 4 aliphatic carbocycles. The van der Waals surface area contributed by atoms with Gasteiger partial charge in [-0.2, -0.15) is 0 Å². The molecule has 0 N–H and O–H groups in total. The lowest BCUT2D eigenvalue weighted by Gasteiger charge is -2.60. The summed E-state index contributed by atoms with van der Waals surface area (Å²) in [7, 11) is 0. The van der Waals surface area contributed by atoms with E-state index in [1.54, 1.807) is 19.3 Å². The fourth-order valence-electron chi connectivity index (χ4n) is 7.50. The molecule has 0 aromatic rings. The lowest BCUT2D eigenvalue weighted by atomic mass is 9.45. The number of fused-ring (bicyclic) bond motifs is 5. The Hall–Kier alpha value is -0.260. The Kier molecular flexibility index (Phi) is 3.32. The standard InChI is InChI=1S/C21H34/c1-4-15-9-11-18-17-10-8-16-7-5-6-13-20(16,2)19(17)12-14-21(15,18)3/h9,16-19H,4-8,10-14H2,1-3H3. The molecule has 0 heteroatoms. The van der Waals surface area contributed by atoms with Gasteiger partial charge in [0.2, 0.25) is 0 Å². The van der Waals surface area contributed by atoms with Gasteiger partial charge in [0.05, 0.1) is 0 Å². The third-order valence-electron chi connectivity index (χ3n) is 8.71. The topological polar surface area (TPSA) is 0 Å². The second-order valence-corrected chi connectivity index (χ2v) is 9.18. The summed E-state index contributed by atoms with van der Waals surface area (Å²) >= 11 is 0. The van der Waals surface area contributed by atoms with Gasteiger partial charge in [0.1, 0.15) is 0 Å². The smallest absolute Gasteiger partial charge is 0.00824 e. The number of hydrogen-bond acceptors (Lipinski definition) is 0. The highest BCUT2D eigenvalue weighted by Gasteiger charge is 2.57. The van der Waals surface area contributed by atoms with Crippen LogP contribution >= 0.6 is 0 Å². The Balaban J connectivity index is 1.63. The van der Waals surface area contributed by atoms with E-state index in [1.807, 2.05) is 5.57 Å². The molecule has 0 spiro atoms. The van der Waals surface area contributed by atoms with Crippen LogP contribution in [0.5, 0.6) is 0 Å². The molecule has 0 aromatic heterocycles. The highest BCUT2D eigenvalue weighted by molar-refractivity contribution is 5.25. The van der Waals surface area contributed by atoms with Crippen molar-refractivity contribution in [1.29, 1.82) is 0 Å². The molecule has 6 atom stereocenters. The SMILES string of the molecule is CCC1=CCC2C3CCC4CCCCC4(C)C3CCC12C. The van der Waals surface area contributed by atoms with Gasteiger partial charge in [-0.15, -0.1) is 0 Å². The van der Waals surface area contributed by atoms with Gasteiger partial charge in [-0.05, 0) is 85.9 Å².